The number of halogens is 2. The third-order valence-corrected chi connectivity index (χ3v) is 7.75. The van der Waals surface area contributed by atoms with E-state index in [-0.39, 0.29) is 45.3 Å². The summed E-state index contributed by atoms with van der Waals surface area (Å²) in [5.41, 5.74) is 5.67. The molecule has 13 heteroatoms. The number of thioether (sulfide) groups is 1. The topological polar surface area (TPSA) is 138 Å². The second kappa shape index (κ2) is 9.38. The van der Waals surface area contributed by atoms with Gasteiger partial charge in [0, 0.05) is 36.4 Å². The van der Waals surface area contributed by atoms with E-state index < -0.39 is 23.1 Å². The molecule has 194 valence electrons. The minimum absolute atomic E-state index is 0.00603. The molecule has 1 aliphatic heterocycles. The average molecular weight is 531 g/mol. The zero-order chi connectivity index (χ0) is 26.4. The number of carbonyl (C=O) groups is 1. The van der Waals surface area contributed by atoms with Crippen LogP contribution in [0.15, 0.2) is 40.1 Å². The molecular formula is C24H24F2N6O4S. The highest BCUT2D eigenvalue weighted by Crippen LogP contribution is 2.66. The third kappa shape index (κ3) is 4.76. The molecule has 1 aliphatic carbocycles. The Morgan fingerprint density at radius 1 is 1.30 bits per heavy atom. The predicted octanol–water partition coefficient (Wildman–Crippen LogP) is 3.56. The second-order valence-corrected chi connectivity index (χ2v) is 10.6. The molecule has 0 radical (unpaired) electrons. The van der Waals surface area contributed by atoms with Crippen LogP contribution < -0.4 is 15.8 Å². The van der Waals surface area contributed by atoms with Gasteiger partial charge in [-0.25, -0.2) is 18.7 Å². The number of amidine groups is 1. The van der Waals surface area contributed by atoms with Crippen LogP contribution in [0.25, 0.3) is 0 Å². The number of aromatic nitrogens is 3. The van der Waals surface area contributed by atoms with Gasteiger partial charge in [-0.3, -0.25) is 9.79 Å². The number of hydrogen-bond acceptors (Lipinski definition) is 10. The summed E-state index contributed by atoms with van der Waals surface area (Å²) in [7, 11) is 1.58. The number of fused-ring (bicyclic) bond motifs is 1. The lowest BCUT2D eigenvalue weighted by molar-refractivity contribution is 0.102. The number of benzene rings is 1. The number of nitrogens with zero attached hydrogens (tertiary/aromatic N) is 4. The van der Waals surface area contributed by atoms with Gasteiger partial charge in [-0.2, -0.15) is 0 Å². The zero-order valence-electron chi connectivity index (χ0n) is 20.2. The highest BCUT2D eigenvalue weighted by molar-refractivity contribution is 8.15. The standard InChI is InChI=1S/C24H24F2N6O4S/c1-12-4-14(36-32-12)10-35-19-9-28-17(8-29-19)21(33)30-13-5-15(20(26)16(25)6-13)23(2)18-7-24(18,11-34-3)37-22(27)31-23/h4-6,8-9,18H,7,10-11H2,1-3H3,(H2,27,31)(H,30,33)/t18-,23+,24+/m0/s1. The molecule has 3 heterocycles. The van der Waals surface area contributed by atoms with Crippen LogP contribution in [-0.4, -0.2) is 44.7 Å². The van der Waals surface area contributed by atoms with Gasteiger partial charge in [-0.05, 0) is 26.3 Å². The second-order valence-electron chi connectivity index (χ2n) is 9.19. The van der Waals surface area contributed by atoms with Crippen LogP contribution in [0.5, 0.6) is 5.88 Å². The molecule has 1 fully saturated rings. The van der Waals surface area contributed by atoms with Crippen LogP contribution in [0.2, 0.25) is 0 Å². The summed E-state index contributed by atoms with van der Waals surface area (Å²) in [6.45, 7) is 4.00. The maximum Gasteiger partial charge on any atom is 0.275 e. The molecule has 5 rings (SSSR count). The van der Waals surface area contributed by atoms with E-state index in [1.54, 1.807) is 27.0 Å². The average Bonchev–Trinajstić information content (AvgIpc) is 3.42. The first-order valence-electron chi connectivity index (χ1n) is 11.3. The summed E-state index contributed by atoms with van der Waals surface area (Å²) >= 11 is 1.39. The van der Waals surface area contributed by atoms with E-state index in [9.17, 15) is 9.18 Å². The van der Waals surface area contributed by atoms with Crippen LogP contribution in [0.1, 0.15) is 40.9 Å². The Hall–Kier alpha value is -3.58. The SMILES string of the molecule is COC[C@]12C[C@H]1[C@@](C)(c1cc(NC(=O)c3cnc(OCc4cc(C)no4)cn3)cc(F)c1F)N=C(N)S2. The largest absolute Gasteiger partial charge is 0.468 e. The molecule has 3 N–H and O–H groups in total. The lowest BCUT2D eigenvalue weighted by Crippen LogP contribution is -2.38. The summed E-state index contributed by atoms with van der Waals surface area (Å²) in [5, 5.41) is 6.60. The molecule has 2 aliphatic rings. The third-order valence-electron chi connectivity index (χ3n) is 6.47. The molecule has 1 aromatic carbocycles. The van der Waals surface area contributed by atoms with Crippen molar-refractivity contribution < 1.29 is 27.6 Å². The molecule has 1 amide bonds. The minimum atomic E-state index is -1.12. The highest BCUT2D eigenvalue weighted by Gasteiger charge is 2.66. The minimum Gasteiger partial charge on any atom is -0.468 e. The molecule has 0 unspecified atom stereocenters. The monoisotopic (exact) mass is 530 g/mol. The molecule has 37 heavy (non-hydrogen) atoms. The van der Waals surface area contributed by atoms with E-state index in [4.69, 9.17) is 19.7 Å². The Morgan fingerprint density at radius 2 is 2.11 bits per heavy atom. The lowest BCUT2D eigenvalue weighted by Gasteiger charge is -2.34. The maximum atomic E-state index is 15.1. The van der Waals surface area contributed by atoms with E-state index in [0.29, 0.717) is 18.8 Å². The van der Waals surface area contributed by atoms with Crippen LogP contribution in [-0.2, 0) is 16.9 Å². The first-order valence-corrected chi connectivity index (χ1v) is 12.2. The quantitative estimate of drug-likeness (QED) is 0.448. The summed E-state index contributed by atoms with van der Waals surface area (Å²) in [4.78, 5) is 25.4. The molecule has 2 aromatic heterocycles. The van der Waals surface area contributed by atoms with Crippen molar-refractivity contribution in [3.05, 3.63) is 64.9 Å². The number of aliphatic imine (C=N–C) groups is 1. The van der Waals surface area contributed by atoms with E-state index >= 15 is 4.39 Å². The van der Waals surface area contributed by atoms with Crippen LogP contribution in [0.3, 0.4) is 0 Å². The maximum absolute atomic E-state index is 15.1. The Morgan fingerprint density at radius 3 is 2.78 bits per heavy atom. The number of anilines is 1. The van der Waals surface area contributed by atoms with Gasteiger partial charge in [0.05, 0.1) is 35.0 Å². The molecule has 0 spiro atoms. The van der Waals surface area contributed by atoms with E-state index in [2.05, 4.69) is 25.4 Å². The van der Waals surface area contributed by atoms with Crippen LogP contribution >= 0.6 is 11.8 Å². The fraction of sp³-hybridized carbons (Fsp3) is 0.375. The van der Waals surface area contributed by atoms with Crippen molar-refractivity contribution in [1.29, 1.82) is 0 Å². The Labute approximate surface area is 215 Å². The molecule has 0 saturated heterocycles. The Bertz CT molecular complexity index is 1380. The molecular weight excluding hydrogens is 506 g/mol. The summed E-state index contributed by atoms with van der Waals surface area (Å²) in [5.74, 6) is -2.24. The van der Waals surface area contributed by atoms with Gasteiger partial charge in [0.2, 0.25) is 5.88 Å². The molecule has 3 aromatic rings. The fourth-order valence-electron chi connectivity index (χ4n) is 4.69. The van der Waals surface area contributed by atoms with Gasteiger partial charge in [-0.1, -0.05) is 16.9 Å². The summed E-state index contributed by atoms with van der Waals surface area (Å²) in [6.07, 6.45) is 3.17. The molecule has 0 bridgehead atoms. The van der Waals surface area contributed by atoms with Crippen molar-refractivity contribution >= 4 is 28.5 Å². The fourth-order valence-corrected chi connectivity index (χ4v) is 6.14. The summed E-state index contributed by atoms with van der Waals surface area (Å²) in [6, 6.07) is 4.01. The van der Waals surface area contributed by atoms with Crippen LogP contribution in [0.4, 0.5) is 14.5 Å². The smallest absolute Gasteiger partial charge is 0.275 e. The van der Waals surface area contributed by atoms with Gasteiger partial charge in [0.25, 0.3) is 5.91 Å². The number of methoxy groups -OCH3 is 1. The number of rotatable bonds is 8. The van der Waals surface area contributed by atoms with Crippen molar-refractivity contribution in [3.8, 4) is 5.88 Å². The van der Waals surface area contributed by atoms with Gasteiger partial charge in [-0.15, -0.1) is 0 Å². The lowest BCUT2D eigenvalue weighted by atomic mass is 9.85. The number of aryl methyl sites for hydroxylation is 1. The van der Waals surface area contributed by atoms with Crippen molar-refractivity contribution in [3.63, 3.8) is 0 Å². The molecule has 1 saturated carbocycles. The number of nitrogens with one attached hydrogen (secondary N) is 1. The highest BCUT2D eigenvalue weighted by atomic mass is 32.2. The zero-order valence-corrected chi connectivity index (χ0v) is 21.1. The first-order chi connectivity index (χ1) is 17.6. The van der Waals surface area contributed by atoms with Crippen LogP contribution in [0, 0.1) is 24.5 Å². The first kappa shape index (κ1) is 25.1. The van der Waals surface area contributed by atoms with Crippen molar-refractivity contribution in [1.82, 2.24) is 15.1 Å². The number of hydrogen-bond donors (Lipinski definition) is 2. The van der Waals surface area contributed by atoms with Gasteiger partial charge < -0.3 is 25.0 Å². The van der Waals surface area contributed by atoms with Gasteiger partial charge >= 0.3 is 0 Å². The van der Waals surface area contributed by atoms with E-state index in [1.165, 1.54) is 30.2 Å². The van der Waals surface area contributed by atoms with E-state index in [0.717, 1.165) is 11.8 Å². The van der Waals surface area contributed by atoms with Crippen molar-refractivity contribution in [2.45, 2.75) is 37.2 Å². The van der Waals surface area contributed by atoms with Crippen molar-refractivity contribution in [2.75, 3.05) is 19.0 Å². The van der Waals surface area contributed by atoms with Crippen molar-refractivity contribution in [2.24, 2.45) is 16.6 Å². The number of ether oxygens (including phenoxy) is 2. The normalized spacial score (nSPS) is 24.2. The van der Waals surface area contributed by atoms with E-state index in [1.807, 2.05) is 0 Å². The Balaban J connectivity index is 1.33. The predicted molar refractivity (Wildman–Crippen MR) is 131 cm³/mol. The summed E-state index contributed by atoms with van der Waals surface area (Å²) < 4.78 is 45.3. The van der Waals surface area contributed by atoms with Gasteiger partial charge in [0.15, 0.2) is 29.2 Å². The number of amides is 1. The molecule has 10 nitrogen and oxygen atoms in total. The number of nitrogens with two attached hydrogens (primary N) is 1. The molecule has 3 atom stereocenters. The number of carbonyl (C=O) groups excluding carboxylic acids is 1. The van der Waals surface area contributed by atoms with Gasteiger partial charge in [0.1, 0.15) is 5.69 Å². The Kier molecular flexibility index (Phi) is 6.36.